The molecule has 3 heteroatoms. The minimum absolute atomic E-state index is 0.239. The highest BCUT2D eigenvalue weighted by Crippen LogP contribution is 2.08. The lowest BCUT2D eigenvalue weighted by Gasteiger charge is -2.14. The molecule has 1 heterocycles. The Bertz CT molecular complexity index is 236. The molecule has 0 saturated carbocycles. The SMILES string of the molecule is CC(O)CN[C@H](C)c1cccnc1. The van der Waals surface area contributed by atoms with Crippen LogP contribution in [0.2, 0.25) is 0 Å². The molecule has 0 saturated heterocycles. The first kappa shape index (κ1) is 10.2. The average molecular weight is 180 g/mol. The number of aliphatic hydroxyl groups excluding tert-OH is 1. The van der Waals surface area contributed by atoms with Gasteiger partial charge in [-0.1, -0.05) is 6.07 Å². The zero-order chi connectivity index (χ0) is 9.68. The van der Waals surface area contributed by atoms with Gasteiger partial charge in [-0.2, -0.15) is 0 Å². The maximum absolute atomic E-state index is 9.07. The molecule has 1 rings (SSSR count). The summed E-state index contributed by atoms with van der Waals surface area (Å²) >= 11 is 0. The fourth-order valence-electron chi connectivity index (χ4n) is 1.10. The molecule has 0 bridgehead atoms. The molecule has 13 heavy (non-hydrogen) atoms. The first-order valence-electron chi connectivity index (χ1n) is 4.51. The summed E-state index contributed by atoms with van der Waals surface area (Å²) in [5.41, 5.74) is 1.14. The summed E-state index contributed by atoms with van der Waals surface area (Å²) in [5, 5.41) is 12.3. The Balaban J connectivity index is 2.44. The predicted molar refractivity (Wildman–Crippen MR) is 52.3 cm³/mol. The Morgan fingerprint density at radius 1 is 1.54 bits per heavy atom. The van der Waals surface area contributed by atoms with Gasteiger partial charge in [0.25, 0.3) is 0 Å². The average Bonchev–Trinajstić information content (AvgIpc) is 2.15. The van der Waals surface area contributed by atoms with E-state index in [4.69, 9.17) is 5.11 Å². The molecule has 1 unspecified atom stereocenters. The lowest BCUT2D eigenvalue weighted by atomic mass is 10.1. The predicted octanol–water partition coefficient (Wildman–Crippen LogP) is 1.11. The molecule has 1 aromatic heterocycles. The molecule has 1 aromatic rings. The van der Waals surface area contributed by atoms with E-state index in [2.05, 4.69) is 17.2 Å². The third kappa shape index (κ3) is 3.53. The Morgan fingerprint density at radius 3 is 2.85 bits per heavy atom. The summed E-state index contributed by atoms with van der Waals surface area (Å²) in [5.74, 6) is 0. The van der Waals surface area contributed by atoms with E-state index in [1.54, 1.807) is 13.1 Å². The minimum atomic E-state index is -0.306. The first-order valence-corrected chi connectivity index (χ1v) is 4.51. The third-order valence-electron chi connectivity index (χ3n) is 1.90. The van der Waals surface area contributed by atoms with Gasteiger partial charge in [-0.15, -0.1) is 0 Å². The molecular formula is C10H16N2O. The maximum Gasteiger partial charge on any atom is 0.0636 e. The van der Waals surface area contributed by atoms with Gasteiger partial charge in [-0.3, -0.25) is 4.98 Å². The van der Waals surface area contributed by atoms with Crippen molar-refractivity contribution >= 4 is 0 Å². The number of nitrogens with zero attached hydrogens (tertiary/aromatic N) is 1. The number of hydrogen-bond donors (Lipinski definition) is 2. The Labute approximate surface area is 78.8 Å². The van der Waals surface area contributed by atoms with Crippen molar-refractivity contribution in [2.75, 3.05) is 6.54 Å². The standard InChI is InChI=1S/C10H16N2O/c1-8(13)6-12-9(2)10-4-3-5-11-7-10/h3-5,7-9,12-13H,6H2,1-2H3/t8?,9-/m1/s1. The zero-order valence-electron chi connectivity index (χ0n) is 8.07. The maximum atomic E-state index is 9.07. The fourth-order valence-corrected chi connectivity index (χ4v) is 1.10. The van der Waals surface area contributed by atoms with Gasteiger partial charge < -0.3 is 10.4 Å². The van der Waals surface area contributed by atoms with Gasteiger partial charge in [0, 0.05) is 25.0 Å². The molecule has 0 aromatic carbocycles. The molecule has 0 aliphatic carbocycles. The summed E-state index contributed by atoms with van der Waals surface area (Å²) in [7, 11) is 0. The van der Waals surface area contributed by atoms with Crippen LogP contribution in [0, 0.1) is 0 Å². The molecule has 0 fully saturated rings. The van der Waals surface area contributed by atoms with Crippen molar-refractivity contribution in [3.8, 4) is 0 Å². The molecular weight excluding hydrogens is 164 g/mol. The van der Waals surface area contributed by atoms with Crippen molar-refractivity contribution in [3.63, 3.8) is 0 Å². The highest BCUT2D eigenvalue weighted by Gasteiger charge is 2.04. The van der Waals surface area contributed by atoms with Gasteiger partial charge in [0.1, 0.15) is 0 Å². The Hall–Kier alpha value is -0.930. The smallest absolute Gasteiger partial charge is 0.0636 e. The zero-order valence-corrected chi connectivity index (χ0v) is 8.07. The van der Waals surface area contributed by atoms with Gasteiger partial charge >= 0.3 is 0 Å². The van der Waals surface area contributed by atoms with Gasteiger partial charge in [0.2, 0.25) is 0 Å². The second kappa shape index (κ2) is 4.94. The number of rotatable bonds is 4. The van der Waals surface area contributed by atoms with E-state index < -0.39 is 0 Å². The lowest BCUT2D eigenvalue weighted by molar-refractivity contribution is 0.187. The Kier molecular flexibility index (Phi) is 3.86. The first-order chi connectivity index (χ1) is 6.20. The van der Waals surface area contributed by atoms with Crippen LogP contribution in [0.15, 0.2) is 24.5 Å². The number of aromatic nitrogens is 1. The summed E-state index contributed by atoms with van der Waals surface area (Å²) in [6.45, 7) is 4.43. The van der Waals surface area contributed by atoms with Crippen LogP contribution in [0.25, 0.3) is 0 Å². The van der Waals surface area contributed by atoms with Gasteiger partial charge in [-0.05, 0) is 25.5 Å². The molecule has 0 radical (unpaired) electrons. The normalized spacial score (nSPS) is 15.3. The number of aliphatic hydroxyl groups is 1. The van der Waals surface area contributed by atoms with Crippen LogP contribution in [0.3, 0.4) is 0 Å². The monoisotopic (exact) mass is 180 g/mol. The van der Waals surface area contributed by atoms with E-state index in [-0.39, 0.29) is 12.1 Å². The summed E-state index contributed by atoms with van der Waals surface area (Å²) in [4.78, 5) is 4.03. The van der Waals surface area contributed by atoms with E-state index in [1.165, 1.54) is 0 Å². The van der Waals surface area contributed by atoms with E-state index in [0.717, 1.165) is 5.56 Å². The van der Waals surface area contributed by atoms with Crippen LogP contribution in [-0.2, 0) is 0 Å². The molecule has 2 atom stereocenters. The quantitative estimate of drug-likeness (QED) is 0.729. The highest BCUT2D eigenvalue weighted by atomic mass is 16.3. The van der Waals surface area contributed by atoms with Crippen LogP contribution in [0.1, 0.15) is 25.5 Å². The van der Waals surface area contributed by atoms with Crippen molar-refractivity contribution in [2.45, 2.75) is 26.0 Å². The third-order valence-corrected chi connectivity index (χ3v) is 1.90. The van der Waals surface area contributed by atoms with Crippen molar-refractivity contribution in [3.05, 3.63) is 30.1 Å². The molecule has 72 valence electrons. The molecule has 0 amide bonds. The van der Waals surface area contributed by atoms with E-state index >= 15 is 0 Å². The van der Waals surface area contributed by atoms with Crippen LogP contribution in [0.5, 0.6) is 0 Å². The van der Waals surface area contributed by atoms with E-state index in [0.29, 0.717) is 6.54 Å². The van der Waals surface area contributed by atoms with Gasteiger partial charge in [-0.25, -0.2) is 0 Å². The summed E-state index contributed by atoms with van der Waals surface area (Å²) in [6.07, 6.45) is 3.28. The lowest BCUT2D eigenvalue weighted by Crippen LogP contribution is -2.27. The molecule has 0 aliphatic rings. The highest BCUT2D eigenvalue weighted by molar-refractivity contribution is 5.12. The molecule has 0 spiro atoms. The van der Waals surface area contributed by atoms with Gasteiger partial charge in [0.05, 0.1) is 6.10 Å². The van der Waals surface area contributed by atoms with Crippen molar-refractivity contribution in [2.24, 2.45) is 0 Å². The van der Waals surface area contributed by atoms with Crippen LogP contribution in [-0.4, -0.2) is 22.7 Å². The molecule has 3 nitrogen and oxygen atoms in total. The molecule has 0 aliphatic heterocycles. The van der Waals surface area contributed by atoms with Gasteiger partial charge in [0.15, 0.2) is 0 Å². The van der Waals surface area contributed by atoms with Crippen LogP contribution < -0.4 is 5.32 Å². The van der Waals surface area contributed by atoms with Crippen LogP contribution >= 0.6 is 0 Å². The second-order valence-electron chi connectivity index (χ2n) is 3.27. The number of pyridine rings is 1. The van der Waals surface area contributed by atoms with Crippen molar-refractivity contribution in [1.82, 2.24) is 10.3 Å². The van der Waals surface area contributed by atoms with E-state index in [1.807, 2.05) is 18.3 Å². The van der Waals surface area contributed by atoms with Crippen molar-refractivity contribution in [1.29, 1.82) is 0 Å². The number of nitrogens with one attached hydrogen (secondary N) is 1. The van der Waals surface area contributed by atoms with Crippen molar-refractivity contribution < 1.29 is 5.11 Å². The fraction of sp³-hybridized carbons (Fsp3) is 0.500. The largest absolute Gasteiger partial charge is 0.392 e. The summed E-state index contributed by atoms with van der Waals surface area (Å²) < 4.78 is 0. The second-order valence-corrected chi connectivity index (χ2v) is 3.27. The minimum Gasteiger partial charge on any atom is -0.392 e. The van der Waals surface area contributed by atoms with Crippen LogP contribution in [0.4, 0.5) is 0 Å². The summed E-state index contributed by atoms with van der Waals surface area (Å²) in [6, 6.07) is 4.17. The molecule has 2 N–H and O–H groups in total. The Morgan fingerprint density at radius 2 is 2.31 bits per heavy atom. The number of hydrogen-bond acceptors (Lipinski definition) is 3. The topological polar surface area (TPSA) is 45.1 Å². The van der Waals surface area contributed by atoms with E-state index in [9.17, 15) is 0 Å².